The van der Waals surface area contributed by atoms with Crippen LogP contribution in [0.15, 0.2) is 74.8 Å². The molecule has 1 N–H and O–H groups in total. The van der Waals surface area contributed by atoms with Gasteiger partial charge in [0.05, 0.1) is 24.9 Å². The number of fused-ring (bicyclic) bond motifs is 1. The molecule has 32 heavy (non-hydrogen) atoms. The molecule has 0 saturated carbocycles. The van der Waals surface area contributed by atoms with Crippen LogP contribution in [0, 0.1) is 0 Å². The van der Waals surface area contributed by atoms with Gasteiger partial charge in [-0.05, 0) is 53.6 Å². The molecule has 0 aliphatic heterocycles. The van der Waals surface area contributed by atoms with E-state index in [1.54, 1.807) is 23.4 Å². The summed E-state index contributed by atoms with van der Waals surface area (Å²) in [7, 11) is 1.61. The molecule has 0 unspecified atom stereocenters. The number of benzene rings is 2. The normalized spacial score (nSPS) is 10.9. The van der Waals surface area contributed by atoms with E-state index in [0.29, 0.717) is 21.9 Å². The van der Waals surface area contributed by atoms with Crippen LogP contribution in [-0.2, 0) is 11.3 Å². The molecule has 0 radical (unpaired) electrons. The fourth-order valence-corrected chi connectivity index (χ4v) is 5.19. The monoisotopic (exact) mass is 483 g/mol. The van der Waals surface area contributed by atoms with Gasteiger partial charge in [-0.25, -0.2) is 4.98 Å². The van der Waals surface area contributed by atoms with E-state index in [9.17, 15) is 9.59 Å². The molecule has 6 nitrogen and oxygen atoms in total. The molecule has 0 saturated heterocycles. The van der Waals surface area contributed by atoms with Crippen molar-refractivity contribution < 1.29 is 9.53 Å². The van der Waals surface area contributed by atoms with Gasteiger partial charge in [-0.1, -0.05) is 30.0 Å². The quantitative estimate of drug-likeness (QED) is 0.282. The van der Waals surface area contributed by atoms with Crippen molar-refractivity contribution in [3.05, 3.63) is 75.9 Å². The molecule has 2 aromatic carbocycles. The van der Waals surface area contributed by atoms with Gasteiger partial charge < -0.3 is 10.1 Å². The van der Waals surface area contributed by atoms with Crippen LogP contribution in [0.25, 0.3) is 10.2 Å². The number of methoxy groups -OCH3 is 1. The Morgan fingerprint density at radius 1 is 1.19 bits per heavy atom. The summed E-state index contributed by atoms with van der Waals surface area (Å²) in [5, 5.41) is 5.28. The summed E-state index contributed by atoms with van der Waals surface area (Å²) in [6, 6.07) is 17.1. The topological polar surface area (TPSA) is 73.2 Å². The van der Waals surface area contributed by atoms with Gasteiger partial charge >= 0.3 is 0 Å². The Kier molecular flexibility index (Phi) is 7.19. The first kappa shape index (κ1) is 22.4. The first-order valence-corrected chi connectivity index (χ1v) is 12.8. The fourth-order valence-electron chi connectivity index (χ4n) is 3.15. The van der Waals surface area contributed by atoms with Crippen molar-refractivity contribution in [2.45, 2.75) is 16.6 Å². The fraction of sp³-hybridized carbons (Fsp3) is 0.174. The van der Waals surface area contributed by atoms with Crippen molar-refractivity contribution in [2.75, 3.05) is 24.4 Å². The predicted octanol–water partition coefficient (Wildman–Crippen LogP) is 4.97. The Labute approximate surface area is 198 Å². The van der Waals surface area contributed by atoms with Gasteiger partial charge in [-0.15, -0.1) is 23.1 Å². The summed E-state index contributed by atoms with van der Waals surface area (Å²) >= 11 is 4.24. The molecular formula is C23H21N3O3S3. The Bertz CT molecular complexity index is 1320. The predicted molar refractivity (Wildman–Crippen MR) is 134 cm³/mol. The summed E-state index contributed by atoms with van der Waals surface area (Å²) in [4.78, 5) is 31.5. The molecule has 164 valence electrons. The highest BCUT2D eigenvalue weighted by atomic mass is 32.2. The van der Waals surface area contributed by atoms with E-state index in [0.717, 1.165) is 21.9 Å². The average molecular weight is 484 g/mol. The largest absolute Gasteiger partial charge is 0.497 e. The second kappa shape index (κ2) is 10.2. The van der Waals surface area contributed by atoms with Crippen LogP contribution in [0.5, 0.6) is 5.75 Å². The summed E-state index contributed by atoms with van der Waals surface area (Å²) in [5.41, 5.74) is 2.21. The van der Waals surface area contributed by atoms with Crippen molar-refractivity contribution >= 4 is 56.7 Å². The average Bonchev–Trinajstić information content (AvgIpc) is 3.29. The number of anilines is 1. The number of nitrogens with zero attached hydrogens (tertiary/aromatic N) is 2. The lowest BCUT2D eigenvalue weighted by Crippen LogP contribution is -2.24. The highest BCUT2D eigenvalue weighted by molar-refractivity contribution is 7.99. The summed E-state index contributed by atoms with van der Waals surface area (Å²) < 4.78 is 7.53. The van der Waals surface area contributed by atoms with Crippen molar-refractivity contribution in [3.8, 4) is 5.75 Å². The van der Waals surface area contributed by atoms with E-state index < -0.39 is 0 Å². The Balaban J connectivity index is 1.57. The molecule has 0 bridgehead atoms. The van der Waals surface area contributed by atoms with Crippen LogP contribution >= 0.6 is 34.9 Å². The van der Waals surface area contributed by atoms with E-state index in [1.807, 2.05) is 66.2 Å². The standard InChI is InChI=1S/C23H21N3O3S3/c1-29-17-7-3-5-15(11-17)13-26-22(28)21-19(9-10-31-21)25-23(26)32-14-20(27)24-16-6-4-8-18(12-16)30-2/h3-12H,13-14H2,1-2H3,(H,24,27). The van der Waals surface area contributed by atoms with Crippen molar-refractivity contribution in [3.63, 3.8) is 0 Å². The van der Waals surface area contributed by atoms with Crippen LogP contribution in [0.1, 0.15) is 5.56 Å². The number of thioether (sulfide) groups is 2. The van der Waals surface area contributed by atoms with E-state index in [-0.39, 0.29) is 17.2 Å². The van der Waals surface area contributed by atoms with Crippen molar-refractivity contribution in [2.24, 2.45) is 0 Å². The Morgan fingerprint density at radius 3 is 2.84 bits per heavy atom. The number of nitrogens with one attached hydrogen (secondary N) is 1. The van der Waals surface area contributed by atoms with E-state index >= 15 is 0 Å². The molecule has 0 atom stereocenters. The number of hydrogen-bond donors (Lipinski definition) is 1. The second-order valence-electron chi connectivity index (χ2n) is 6.84. The Hall–Kier alpha value is -2.75. The van der Waals surface area contributed by atoms with Gasteiger partial charge in [0.25, 0.3) is 5.56 Å². The third kappa shape index (κ3) is 5.17. The van der Waals surface area contributed by atoms with Crippen LogP contribution < -0.4 is 15.6 Å². The van der Waals surface area contributed by atoms with Gasteiger partial charge in [0, 0.05) is 10.6 Å². The number of thiophene rings is 1. The van der Waals surface area contributed by atoms with Crippen molar-refractivity contribution in [1.82, 2.24) is 9.55 Å². The maximum Gasteiger partial charge on any atom is 0.272 e. The van der Waals surface area contributed by atoms with Gasteiger partial charge in [0.2, 0.25) is 5.91 Å². The van der Waals surface area contributed by atoms with Gasteiger partial charge in [-0.2, -0.15) is 0 Å². The number of carbonyl (C=O) groups excluding carboxylic acids is 1. The minimum atomic E-state index is -0.152. The van der Waals surface area contributed by atoms with Crippen LogP contribution in [0.4, 0.5) is 5.69 Å². The first-order chi connectivity index (χ1) is 15.6. The molecule has 0 fully saturated rings. The minimum Gasteiger partial charge on any atom is -0.497 e. The number of hydrogen-bond acceptors (Lipinski definition) is 7. The maximum atomic E-state index is 13.2. The highest BCUT2D eigenvalue weighted by Gasteiger charge is 2.15. The SMILES string of the molecule is COc1cccc(Cn2c(SCC(=O)Nc3cccc(SC)c3)nc3ccsc3c2=O)c1. The Morgan fingerprint density at radius 2 is 2.03 bits per heavy atom. The summed E-state index contributed by atoms with van der Waals surface area (Å²) in [5.74, 6) is 0.714. The number of amides is 1. The number of rotatable bonds is 8. The van der Waals surface area contributed by atoms with Gasteiger partial charge in [-0.3, -0.25) is 14.2 Å². The molecule has 2 heterocycles. The van der Waals surface area contributed by atoms with Crippen LogP contribution in [-0.4, -0.2) is 34.6 Å². The van der Waals surface area contributed by atoms with E-state index in [4.69, 9.17) is 4.74 Å². The van der Waals surface area contributed by atoms with Gasteiger partial charge in [0.1, 0.15) is 10.4 Å². The minimum absolute atomic E-state index is 0.108. The molecule has 0 aliphatic rings. The zero-order chi connectivity index (χ0) is 22.5. The molecular weight excluding hydrogens is 462 g/mol. The number of aromatic nitrogens is 2. The molecule has 0 spiro atoms. The first-order valence-electron chi connectivity index (χ1n) is 9.75. The van der Waals surface area contributed by atoms with Crippen LogP contribution in [0.3, 0.4) is 0 Å². The second-order valence-corrected chi connectivity index (χ2v) is 9.58. The maximum absolute atomic E-state index is 13.2. The molecule has 9 heteroatoms. The number of carbonyl (C=O) groups is 1. The lowest BCUT2D eigenvalue weighted by atomic mass is 10.2. The van der Waals surface area contributed by atoms with E-state index in [1.165, 1.54) is 23.1 Å². The number of ether oxygens (including phenoxy) is 1. The van der Waals surface area contributed by atoms with E-state index in [2.05, 4.69) is 10.3 Å². The summed E-state index contributed by atoms with van der Waals surface area (Å²) in [6.07, 6.45) is 1.99. The lowest BCUT2D eigenvalue weighted by Gasteiger charge is -2.13. The third-order valence-corrected chi connectivity index (χ3v) is 7.28. The summed E-state index contributed by atoms with van der Waals surface area (Å²) in [6.45, 7) is 0.344. The lowest BCUT2D eigenvalue weighted by molar-refractivity contribution is -0.113. The van der Waals surface area contributed by atoms with Crippen LogP contribution in [0.2, 0.25) is 0 Å². The highest BCUT2D eigenvalue weighted by Crippen LogP contribution is 2.24. The molecule has 0 aliphatic carbocycles. The molecule has 4 aromatic rings. The zero-order valence-corrected chi connectivity index (χ0v) is 20.0. The van der Waals surface area contributed by atoms with Crippen molar-refractivity contribution in [1.29, 1.82) is 0 Å². The smallest absolute Gasteiger partial charge is 0.272 e. The third-order valence-electron chi connectivity index (χ3n) is 4.69. The molecule has 2 aromatic heterocycles. The molecule has 1 amide bonds. The zero-order valence-electron chi connectivity index (χ0n) is 17.5. The molecule has 4 rings (SSSR count). The van der Waals surface area contributed by atoms with Gasteiger partial charge in [0.15, 0.2) is 5.16 Å².